The molecule has 1 fully saturated rings. The monoisotopic (exact) mass is 366 g/mol. The largest absolute Gasteiger partial charge is 0.369 e. The average molecular weight is 367 g/mol. The number of aromatic nitrogens is 3. The minimum atomic E-state index is 0.543. The van der Waals surface area contributed by atoms with E-state index in [2.05, 4.69) is 38.1 Å². The summed E-state index contributed by atoms with van der Waals surface area (Å²) in [6.45, 7) is 3.07. The second-order valence-corrected chi connectivity index (χ2v) is 6.89. The lowest BCUT2D eigenvalue weighted by atomic mass is 10.0. The van der Waals surface area contributed by atoms with Crippen molar-refractivity contribution in [2.45, 2.75) is 44.9 Å². The van der Waals surface area contributed by atoms with E-state index in [0.717, 1.165) is 40.5 Å². The van der Waals surface area contributed by atoms with E-state index >= 15 is 0 Å². The van der Waals surface area contributed by atoms with E-state index in [1.807, 2.05) is 10.9 Å². The highest BCUT2D eigenvalue weighted by Crippen LogP contribution is 2.39. The van der Waals surface area contributed by atoms with Crippen molar-refractivity contribution in [1.29, 1.82) is 0 Å². The number of thiazole rings is 1. The second kappa shape index (κ2) is 6.83. The summed E-state index contributed by atoms with van der Waals surface area (Å²) in [5.74, 6) is 2.18. The van der Waals surface area contributed by atoms with Gasteiger partial charge in [0.15, 0.2) is 5.82 Å². The number of hydrogen-bond donors (Lipinski definition) is 1. The molecule has 1 N–H and O–H groups in total. The van der Waals surface area contributed by atoms with Crippen LogP contribution in [0.4, 0.5) is 5.82 Å². The molecular weight excluding hydrogens is 348 g/mol. The first-order valence-electron chi connectivity index (χ1n) is 7.49. The number of rotatable bonds is 5. The first kappa shape index (κ1) is 14.9. The van der Waals surface area contributed by atoms with E-state index in [9.17, 15) is 0 Å². The summed E-state index contributed by atoms with van der Waals surface area (Å²) >= 11 is 5.29. The molecule has 112 valence electrons. The SMILES string of the molecule is CCCNc1nc(-c2cscn2)nc(C2CCCC2)c1Br. The van der Waals surface area contributed by atoms with Crippen molar-refractivity contribution in [1.82, 2.24) is 15.0 Å². The first-order chi connectivity index (χ1) is 10.3. The van der Waals surface area contributed by atoms with Crippen molar-refractivity contribution in [2.24, 2.45) is 0 Å². The lowest BCUT2D eigenvalue weighted by Gasteiger charge is -2.16. The molecule has 0 radical (unpaired) electrons. The zero-order chi connectivity index (χ0) is 14.7. The maximum Gasteiger partial charge on any atom is 0.181 e. The van der Waals surface area contributed by atoms with Crippen LogP contribution in [-0.4, -0.2) is 21.5 Å². The van der Waals surface area contributed by atoms with Crippen molar-refractivity contribution in [3.63, 3.8) is 0 Å². The van der Waals surface area contributed by atoms with Crippen LogP contribution in [0.1, 0.15) is 50.6 Å². The summed E-state index contributed by atoms with van der Waals surface area (Å²) < 4.78 is 1.03. The van der Waals surface area contributed by atoms with Crippen LogP contribution in [0.3, 0.4) is 0 Å². The van der Waals surface area contributed by atoms with Crippen LogP contribution in [0, 0.1) is 0 Å². The Hall–Kier alpha value is -1.01. The fourth-order valence-electron chi connectivity index (χ4n) is 2.73. The van der Waals surface area contributed by atoms with Crippen LogP contribution in [0.2, 0.25) is 0 Å². The smallest absolute Gasteiger partial charge is 0.181 e. The number of hydrogen-bond acceptors (Lipinski definition) is 5. The molecule has 0 aromatic carbocycles. The highest BCUT2D eigenvalue weighted by atomic mass is 79.9. The van der Waals surface area contributed by atoms with Gasteiger partial charge in [0.05, 0.1) is 15.7 Å². The van der Waals surface area contributed by atoms with Gasteiger partial charge in [-0.05, 0) is 35.2 Å². The number of halogens is 1. The lowest BCUT2D eigenvalue weighted by Crippen LogP contribution is -2.09. The molecule has 2 heterocycles. The highest BCUT2D eigenvalue weighted by molar-refractivity contribution is 9.10. The van der Waals surface area contributed by atoms with Gasteiger partial charge in [-0.15, -0.1) is 11.3 Å². The van der Waals surface area contributed by atoms with Crippen LogP contribution in [0.5, 0.6) is 0 Å². The number of nitrogens with zero attached hydrogens (tertiary/aromatic N) is 3. The molecule has 2 aromatic heterocycles. The van der Waals surface area contributed by atoms with Gasteiger partial charge in [-0.1, -0.05) is 19.8 Å². The van der Waals surface area contributed by atoms with Crippen molar-refractivity contribution in [3.05, 3.63) is 21.1 Å². The van der Waals surface area contributed by atoms with Gasteiger partial charge in [-0.2, -0.15) is 0 Å². The molecule has 0 bridgehead atoms. The van der Waals surface area contributed by atoms with Gasteiger partial charge in [-0.25, -0.2) is 15.0 Å². The summed E-state index contributed by atoms with van der Waals surface area (Å²) in [7, 11) is 0. The predicted molar refractivity (Wildman–Crippen MR) is 90.8 cm³/mol. The Morgan fingerprint density at radius 3 is 2.81 bits per heavy atom. The summed E-state index contributed by atoms with van der Waals surface area (Å²) in [6, 6.07) is 0. The third-order valence-electron chi connectivity index (χ3n) is 3.82. The Kier molecular flexibility index (Phi) is 4.85. The molecule has 0 atom stereocenters. The van der Waals surface area contributed by atoms with Gasteiger partial charge in [-0.3, -0.25) is 0 Å². The molecule has 1 saturated carbocycles. The van der Waals surface area contributed by atoms with Gasteiger partial charge in [0.1, 0.15) is 11.5 Å². The Bertz CT molecular complexity index is 594. The minimum absolute atomic E-state index is 0.543. The van der Waals surface area contributed by atoms with Gasteiger partial charge in [0, 0.05) is 17.8 Å². The number of anilines is 1. The topological polar surface area (TPSA) is 50.7 Å². The minimum Gasteiger partial charge on any atom is -0.369 e. The normalized spacial score (nSPS) is 15.5. The van der Waals surface area contributed by atoms with Crippen LogP contribution in [0.15, 0.2) is 15.4 Å². The summed E-state index contributed by atoms with van der Waals surface area (Å²) in [6.07, 6.45) is 6.11. The Labute approximate surface area is 137 Å². The summed E-state index contributed by atoms with van der Waals surface area (Å²) in [5.41, 5.74) is 3.84. The van der Waals surface area contributed by atoms with Crippen LogP contribution in [0.25, 0.3) is 11.5 Å². The van der Waals surface area contributed by atoms with Gasteiger partial charge in [0.2, 0.25) is 0 Å². The van der Waals surface area contributed by atoms with E-state index in [0.29, 0.717) is 5.92 Å². The van der Waals surface area contributed by atoms with Crippen molar-refractivity contribution in [3.8, 4) is 11.5 Å². The van der Waals surface area contributed by atoms with E-state index in [1.54, 1.807) is 11.3 Å². The maximum absolute atomic E-state index is 4.81. The molecule has 4 nitrogen and oxygen atoms in total. The van der Waals surface area contributed by atoms with E-state index in [4.69, 9.17) is 4.98 Å². The second-order valence-electron chi connectivity index (χ2n) is 5.38. The van der Waals surface area contributed by atoms with E-state index < -0.39 is 0 Å². The third kappa shape index (κ3) is 3.26. The van der Waals surface area contributed by atoms with Gasteiger partial charge >= 0.3 is 0 Å². The Morgan fingerprint density at radius 2 is 2.14 bits per heavy atom. The standard InChI is InChI=1S/C15H19BrN4S/c1-2-7-17-15-12(16)13(10-5-3-4-6-10)19-14(20-15)11-8-21-9-18-11/h8-10H,2-7H2,1H3,(H,17,19,20). The Morgan fingerprint density at radius 1 is 1.33 bits per heavy atom. The van der Waals surface area contributed by atoms with E-state index in [-0.39, 0.29) is 0 Å². The first-order valence-corrected chi connectivity index (χ1v) is 9.23. The summed E-state index contributed by atoms with van der Waals surface area (Å²) in [4.78, 5) is 13.8. The molecule has 6 heteroatoms. The van der Waals surface area contributed by atoms with Gasteiger partial charge in [0.25, 0.3) is 0 Å². The van der Waals surface area contributed by atoms with Crippen molar-refractivity contribution >= 4 is 33.1 Å². The third-order valence-corrected chi connectivity index (χ3v) is 5.19. The molecule has 0 spiro atoms. The molecule has 0 amide bonds. The molecule has 21 heavy (non-hydrogen) atoms. The molecule has 0 unspecified atom stereocenters. The fourth-order valence-corrected chi connectivity index (χ4v) is 3.90. The zero-order valence-corrected chi connectivity index (χ0v) is 14.5. The Balaban J connectivity index is 2.02. The molecule has 0 saturated heterocycles. The molecule has 3 rings (SSSR count). The molecule has 1 aliphatic rings. The van der Waals surface area contributed by atoms with Crippen molar-refractivity contribution in [2.75, 3.05) is 11.9 Å². The molecule has 2 aromatic rings. The summed E-state index contributed by atoms with van der Waals surface area (Å²) in [5, 5.41) is 5.41. The van der Waals surface area contributed by atoms with Gasteiger partial charge < -0.3 is 5.32 Å². The van der Waals surface area contributed by atoms with Crippen LogP contribution < -0.4 is 5.32 Å². The lowest BCUT2D eigenvalue weighted by molar-refractivity contribution is 0.690. The predicted octanol–water partition coefficient (Wildman–Crippen LogP) is 4.84. The molecule has 0 aliphatic heterocycles. The van der Waals surface area contributed by atoms with Crippen LogP contribution >= 0.6 is 27.3 Å². The average Bonchev–Trinajstić information content (AvgIpc) is 3.19. The maximum atomic E-state index is 4.81. The fraction of sp³-hybridized carbons (Fsp3) is 0.533. The number of nitrogens with one attached hydrogen (secondary N) is 1. The van der Waals surface area contributed by atoms with Crippen molar-refractivity contribution < 1.29 is 0 Å². The zero-order valence-electron chi connectivity index (χ0n) is 12.1. The molecular formula is C15H19BrN4S. The van der Waals surface area contributed by atoms with Crippen LogP contribution in [-0.2, 0) is 0 Å². The van der Waals surface area contributed by atoms with E-state index in [1.165, 1.54) is 25.7 Å². The quantitative estimate of drug-likeness (QED) is 0.821. The highest BCUT2D eigenvalue weighted by Gasteiger charge is 2.24. The molecule has 1 aliphatic carbocycles.